The minimum atomic E-state index is -4.13. The number of rotatable bonds is 12. The minimum absolute atomic E-state index is 0.00350. The van der Waals surface area contributed by atoms with Crippen LogP contribution in [0.15, 0.2) is 40.2 Å². The molecule has 1 N–H and O–H groups in total. The highest BCUT2D eigenvalue weighted by Crippen LogP contribution is 2.46. The van der Waals surface area contributed by atoms with Crippen molar-refractivity contribution in [2.45, 2.75) is 113 Å². The molecule has 0 spiro atoms. The molecule has 2 aliphatic heterocycles. The number of sulfonamides is 1. The van der Waals surface area contributed by atoms with Crippen molar-refractivity contribution >= 4 is 37.5 Å². The number of carbonyl (C=O) groups is 1. The number of thiophene rings is 1. The molecule has 2 aliphatic carbocycles. The van der Waals surface area contributed by atoms with Gasteiger partial charge in [-0.3, -0.25) is 18.9 Å². The summed E-state index contributed by atoms with van der Waals surface area (Å²) in [5, 5.41) is 8.79. The number of benzene rings is 1. The maximum atomic E-state index is 14.9. The standard InChI is InChI=1S/C33H35F3N6O8S2/c1-17-25-26(43)41(33(9-10-33)29(44)39-52(46,47)32(2)7-8-32)31(45)40(28(25)51-27(17)42-37-11-12-38-42)16-24(49-21-14-19-4-5-20(15-21)48-19)22-13-18(34)3-6-23(22)50-30(35)36/h3,6,11-13,19-21,24,30H,4-5,7-10,14-16H2,1-2H3,(H,39,44)/t19-,20+,21+,24-/m0/s1. The molecule has 278 valence electrons. The van der Waals surface area contributed by atoms with E-state index >= 15 is 0 Å². The molecule has 0 unspecified atom stereocenters. The van der Waals surface area contributed by atoms with Crippen molar-refractivity contribution in [2.24, 2.45) is 0 Å². The van der Waals surface area contributed by atoms with Crippen molar-refractivity contribution in [1.29, 1.82) is 0 Å². The number of alkyl halides is 2. The average molecular weight is 765 g/mol. The van der Waals surface area contributed by atoms with E-state index in [4.69, 9.17) is 14.2 Å². The fourth-order valence-electron chi connectivity index (χ4n) is 7.35. The van der Waals surface area contributed by atoms with Gasteiger partial charge in [-0.05, 0) is 83.4 Å². The Bertz CT molecular complexity index is 2290. The Hall–Kier alpha value is -4.07. The van der Waals surface area contributed by atoms with Gasteiger partial charge in [-0.1, -0.05) is 11.3 Å². The lowest BCUT2D eigenvalue weighted by atomic mass is 10.0. The molecule has 19 heteroatoms. The van der Waals surface area contributed by atoms with Crippen molar-refractivity contribution in [3.05, 3.63) is 68.4 Å². The van der Waals surface area contributed by atoms with Crippen LogP contribution in [0.1, 0.15) is 75.5 Å². The van der Waals surface area contributed by atoms with Crippen molar-refractivity contribution in [3.63, 3.8) is 0 Å². The highest BCUT2D eigenvalue weighted by atomic mass is 32.2. The van der Waals surface area contributed by atoms with Gasteiger partial charge in [-0.15, -0.1) is 4.80 Å². The number of aromatic nitrogens is 5. The second-order valence-electron chi connectivity index (χ2n) is 14.2. The largest absolute Gasteiger partial charge is 0.434 e. The number of halogens is 3. The van der Waals surface area contributed by atoms with Crippen LogP contribution in [0.4, 0.5) is 13.2 Å². The molecule has 2 saturated heterocycles. The summed E-state index contributed by atoms with van der Waals surface area (Å²) < 4.78 is 88.7. The smallest absolute Gasteiger partial charge is 0.387 e. The molecule has 4 aliphatic rings. The quantitative estimate of drug-likeness (QED) is 0.224. The highest BCUT2D eigenvalue weighted by Gasteiger charge is 2.58. The van der Waals surface area contributed by atoms with Gasteiger partial charge >= 0.3 is 12.3 Å². The van der Waals surface area contributed by atoms with Crippen molar-refractivity contribution in [2.75, 3.05) is 0 Å². The van der Waals surface area contributed by atoms with E-state index in [1.54, 1.807) is 6.92 Å². The van der Waals surface area contributed by atoms with E-state index in [0.717, 1.165) is 46.9 Å². The van der Waals surface area contributed by atoms with E-state index in [0.29, 0.717) is 36.2 Å². The Labute approximate surface area is 298 Å². The van der Waals surface area contributed by atoms with E-state index in [-0.39, 0.29) is 46.6 Å². The third-order valence-electron chi connectivity index (χ3n) is 10.7. The predicted molar refractivity (Wildman–Crippen MR) is 180 cm³/mol. The number of nitrogens with one attached hydrogen (secondary N) is 1. The van der Waals surface area contributed by atoms with Gasteiger partial charge in [-0.2, -0.15) is 19.0 Å². The molecule has 1 amide bonds. The summed E-state index contributed by atoms with van der Waals surface area (Å²) in [4.78, 5) is 44.4. The number of hydrogen-bond donors (Lipinski definition) is 1. The number of hydrogen-bond acceptors (Lipinski definition) is 11. The topological polar surface area (TPSA) is 166 Å². The number of carbonyl (C=O) groups excluding carboxylic acids is 1. The van der Waals surface area contributed by atoms with Gasteiger partial charge in [0.05, 0.1) is 47.4 Å². The molecule has 4 aromatic rings. The van der Waals surface area contributed by atoms with Crippen LogP contribution in [0.3, 0.4) is 0 Å². The van der Waals surface area contributed by atoms with Gasteiger partial charge in [0.15, 0.2) is 0 Å². The number of aryl methyl sites for hydroxylation is 1. The van der Waals surface area contributed by atoms with Crippen LogP contribution in [0.5, 0.6) is 5.75 Å². The zero-order valence-electron chi connectivity index (χ0n) is 28.1. The first-order chi connectivity index (χ1) is 24.7. The lowest BCUT2D eigenvalue weighted by molar-refractivity contribution is -0.124. The van der Waals surface area contributed by atoms with Gasteiger partial charge in [0.2, 0.25) is 10.0 Å². The summed E-state index contributed by atoms with van der Waals surface area (Å²) in [5.41, 5.74) is -3.32. The monoisotopic (exact) mass is 764 g/mol. The van der Waals surface area contributed by atoms with Gasteiger partial charge < -0.3 is 14.2 Å². The predicted octanol–water partition coefficient (Wildman–Crippen LogP) is 3.81. The first-order valence-corrected chi connectivity index (χ1v) is 19.3. The number of ether oxygens (including phenoxy) is 3. The van der Waals surface area contributed by atoms with E-state index in [2.05, 4.69) is 14.9 Å². The molecule has 3 aromatic heterocycles. The van der Waals surface area contributed by atoms with Crippen LogP contribution in [0.2, 0.25) is 0 Å². The van der Waals surface area contributed by atoms with Crippen molar-refractivity contribution < 1.29 is 40.6 Å². The summed E-state index contributed by atoms with van der Waals surface area (Å²) in [6, 6.07) is 3.03. The molecule has 4 atom stereocenters. The van der Waals surface area contributed by atoms with Crippen LogP contribution >= 0.6 is 11.3 Å². The van der Waals surface area contributed by atoms with Gasteiger partial charge in [0.25, 0.3) is 11.5 Å². The zero-order valence-corrected chi connectivity index (χ0v) is 29.7. The molecule has 8 rings (SSSR count). The van der Waals surface area contributed by atoms with Crippen LogP contribution in [-0.4, -0.2) is 68.1 Å². The third-order valence-corrected chi connectivity index (χ3v) is 14.1. The molecule has 5 heterocycles. The van der Waals surface area contributed by atoms with E-state index in [9.17, 15) is 36.0 Å². The fraction of sp³-hybridized carbons (Fsp3) is 0.545. The van der Waals surface area contributed by atoms with Crippen molar-refractivity contribution in [3.8, 4) is 10.8 Å². The fourth-order valence-corrected chi connectivity index (χ4v) is 9.89. The summed E-state index contributed by atoms with van der Waals surface area (Å²) in [6.45, 7) is -0.546. The summed E-state index contributed by atoms with van der Waals surface area (Å²) >= 11 is 1.01. The molecule has 2 saturated carbocycles. The SMILES string of the molecule is Cc1c(-n2nccn2)sc2c1c(=O)n(C1(C(=O)NS(=O)(=O)C3(C)CC3)CC1)c(=O)n2C[C@H](O[C@H]1C[C@H]2CC[C@@H](C1)O2)c1cc(F)ccc1OC(F)F. The second kappa shape index (κ2) is 12.5. The van der Waals surface area contributed by atoms with Crippen molar-refractivity contribution in [1.82, 2.24) is 28.9 Å². The summed E-state index contributed by atoms with van der Waals surface area (Å²) in [7, 11) is -4.13. The van der Waals surface area contributed by atoms with Crippen LogP contribution in [0.25, 0.3) is 15.2 Å². The van der Waals surface area contributed by atoms with Crippen LogP contribution in [-0.2, 0) is 36.4 Å². The lowest BCUT2D eigenvalue weighted by Gasteiger charge is -2.32. The van der Waals surface area contributed by atoms with E-state index in [1.807, 2.05) is 0 Å². The summed E-state index contributed by atoms with van der Waals surface area (Å²) in [5.74, 6) is -2.14. The summed E-state index contributed by atoms with van der Waals surface area (Å²) in [6.07, 6.45) is 4.25. The Morgan fingerprint density at radius 2 is 1.79 bits per heavy atom. The highest BCUT2D eigenvalue weighted by molar-refractivity contribution is 7.91. The van der Waals surface area contributed by atoms with Crippen LogP contribution in [0, 0.1) is 12.7 Å². The van der Waals surface area contributed by atoms with Crippen LogP contribution < -0.4 is 20.7 Å². The van der Waals surface area contributed by atoms with Gasteiger partial charge in [-0.25, -0.2) is 22.2 Å². The molecule has 1 aromatic carbocycles. The third kappa shape index (κ3) is 5.94. The lowest BCUT2D eigenvalue weighted by Crippen LogP contribution is -2.54. The maximum absolute atomic E-state index is 14.9. The first-order valence-electron chi connectivity index (χ1n) is 17.0. The molecule has 2 bridgehead atoms. The Morgan fingerprint density at radius 1 is 1.12 bits per heavy atom. The number of nitrogens with zero attached hydrogens (tertiary/aromatic N) is 5. The maximum Gasteiger partial charge on any atom is 0.387 e. The van der Waals surface area contributed by atoms with Gasteiger partial charge in [0, 0.05) is 11.1 Å². The number of fused-ring (bicyclic) bond motifs is 3. The normalized spacial score (nSPS) is 23.5. The average Bonchev–Trinajstić information content (AvgIpc) is 3.89. The molecular weight excluding hydrogens is 730 g/mol. The van der Waals surface area contributed by atoms with Gasteiger partial charge in [0.1, 0.15) is 33.0 Å². The first kappa shape index (κ1) is 35.0. The molecule has 4 fully saturated rings. The molecule has 0 radical (unpaired) electrons. The minimum Gasteiger partial charge on any atom is -0.434 e. The van der Waals surface area contributed by atoms with E-state index in [1.165, 1.54) is 28.7 Å². The second-order valence-corrected chi connectivity index (χ2v) is 17.4. The molecule has 14 nitrogen and oxygen atoms in total. The van der Waals surface area contributed by atoms with E-state index < -0.39 is 68.6 Å². The Morgan fingerprint density at radius 3 is 2.40 bits per heavy atom. The number of amides is 1. The Kier molecular flexibility index (Phi) is 8.42. The molecule has 52 heavy (non-hydrogen) atoms. The molecular formula is C33H35F3N6O8S2. The zero-order chi connectivity index (χ0) is 36.7. The Balaban J connectivity index is 1.30.